The van der Waals surface area contributed by atoms with E-state index in [1.807, 2.05) is 21.1 Å². The van der Waals surface area contributed by atoms with Crippen LogP contribution in [0.5, 0.6) is 0 Å². The summed E-state index contributed by atoms with van der Waals surface area (Å²) in [4.78, 5) is 37.7. The zero-order valence-corrected chi connectivity index (χ0v) is 44.7. The monoisotopic (exact) mass is 968 g/mol. The van der Waals surface area contributed by atoms with Crippen LogP contribution in [-0.4, -0.2) is 70.0 Å². The van der Waals surface area contributed by atoms with Gasteiger partial charge in [0.1, 0.15) is 19.8 Å². The molecule has 0 spiro atoms. The van der Waals surface area contributed by atoms with Gasteiger partial charge >= 0.3 is 11.9 Å². The molecule has 9 nitrogen and oxygen atoms in total. The Bertz CT molecular complexity index is 1520. The van der Waals surface area contributed by atoms with Crippen LogP contribution >= 0.6 is 7.82 Å². The van der Waals surface area contributed by atoms with E-state index in [0.717, 1.165) is 109 Å². The van der Waals surface area contributed by atoms with E-state index in [-0.39, 0.29) is 26.1 Å². The number of carbonyl (C=O) groups excluding carboxylic acids is 2. The van der Waals surface area contributed by atoms with Gasteiger partial charge in [0.15, 0.2) is 6.10 Å². The van der Waals surface area contributed by atoms with E-state index in [4.69, 9.17) is 18.5 Å². The van der Waals surface area contributed by atoms with Crippen molar-refractivity contribution >= 4 is 19.8 Å². The van der Waals surface area contributed by atoms with Crippen LogP contribution in [0.2, 0.25) is 0 Å². The summed E-state index contributed by atoms with van der Waals surface area (Å²) in [6.45, 7) is 4.06. The summed E-state index contributed by atoms with van der Waals surface area (Å²) in [5, 5.41) is 0. The summed E-state index contributed by atoms with van der Waals surface area (Å²) in [5.41, 5.74) is 0. The maximum absolute atomic E-state index is 12.8. The number of hydrogen-bond acceptors (Lipinski definition) is 8. The molecule has 0 aromatic carbocycles. The lowest BCUT2D eigenvalue weighted by molar-refractivity contribution is -0.870. The summed E-state index contributed by atoms with van der Waals surface area (Å²) in [6, 6.07) is 0. The highest BCUT2D eigenvalue weighted by molar-refractivity contribution is 7.45. The first-order chi connectivity index (χ1) is 33.0. The van der Waals surface area contributed by atoms with Crippen LogP contribution < -0.4 is 4.89 Å². The van der Waals surface area contributed by atoms with Crippen LogP contribution in [0.15, 0.2) is 109 Å². The molecule has 0 N–H and O–H groups in total. The lowest BCUT2D eigenvalue weighted by Gasteiger charge is -2.28. The average molecular weight is 968 g/mol. The maximum Gasteiger partial charge on any atom is 0.306 e. The van der Waals surface area contributed by atoms with Gasteiger partial charge < -0.3 is 27.9 Å². The fourth-order valence-corrected chi connectivity index (χ4v) is 7.39. The van der Waals surface area contributed by atoms with E-state index < -0.39 is 32.5 Å². The van der Waals surface area contributed by atoms with Crippen LogP contribution in [0, 0.1) is 0 Å². The predicted molar refractivity (Wildman–Crippen MR) is 286 cm³/mol. The summed E-state index contributed by atoms with van der Waals surface area (Å²) in [5.74, 6) is -0.881. The Morgan fingerprint density at radius 3 is 1.26 bits per heavy atom. The quantitative estimate of drug-likeness (QED) is 0.0195. The van der Waals surface area contributed by atoms with Crippen LogP contribution in [0.25, 0.3) is 0 Å². The van der Waals surface area contributed by atoms with Gasteiger partial charge in [0, 0.05) is 12.8 Å². The highest BCUT2D eigenvalue weighted by atomic mass is 31.2. The van der Waals surface area contributed by atoms with Crippen molar-refractivity contribution in [1.82, 2.24) is 0 Å². The number of rotatable bonds is 47. The largest absolute Gasteiger partial charge is 0.756 e. The zero-order valence-electron chi connectivity index (χ0n) is 43.8. The molecular formula is C58H98NO8P. The molecule has 2 unspecified atom stereocenters. The first-order valence-electron chi connectivity index (χ1n) is 26.6. The van der Waals surface area contributed by atoms with Gasteiger partial charge in [0.05, 0.1) is 27.7 Å². The number of esters is 2. The standard InChI is InChI=1S/C58H98NO8P/c1-6-8-10-12-14-16-18-20-22-23-24-25-26-27-28-29-30-31-32-33-34-35-37-39-41-43-45-47-49-51-58(61)67-56(55-66-68(62,63)65-53-52-59(3,4)5)54-64-57(60)50-48-46-44-42-40-38-36-21-19-17-15-13-11-9-7-2/h8,10,14,16,20-22,24-25,27-28,30-31,33-34,36-37,39,56H,6-7,9,11-13,15,17-19,23,26,29,32,35,38,40-55H2,1-5H3/b10-8-,16-14-,22-20-,25-24-,28-27-,31-30-,34-33-,36-21-,39-37-. The zero-order chi connectivity index (χ0) is 49.9. The second-order valence-electron chi connectivity index (χ2n) is 18.5. The number of ether oxygens (including phenoxy) is 2. The van der Waals surface area contributed by atoms with E-state index in [2.05, 4.69) is 123 Å². The number of hydrogen-bond donors (Lipinski definition) is 0. The van der Waals surface area contributed by atoms with E-state index in [1.165, 1.54) is 44.9 Å². The van der Waals surface area contributed by atoms with E-state index >= 15 is 0 Å². The lowest BCUT2D eigenvalue weighted by Crippen LogP contribution is -2.37. The summed E-state index contributed by atoms with van der Waals surface area (Å²) < 4.78 is 34.0. The maximum atomic E-state index is 12.8. The van der Waals surface area contributed by atoms with Crippen molar-refractivity contribution in [3.05, 3.63) is 109 Å². The molecule has 0 aliphatic heterocycles. The van der Waals surface area contributed by atoms with Crippen LogP contribution in [0.3, 0.4) is 0 Å². The molecule has 0 rings (SSSR count). The number of likely N-dealkylation sites (N-methyl/N-ethyl adjacent to an activating group) is 1. The van der Waals surface area contributed by atoms with Gasteiger partial charge in [-0.1, -0.05) is 187 Å². The molecule has 0 saturated carbocycles. The highest BCUT2D eigenvalue weighted by Gasteiger charge is 2.21. The second-order valence-corrected chi connectivity index (χ2v) is 19.9. The fraction of sp³-hybridized carbons (Fsp3) is 0.655. The third-order valence-corrected chi connectivity index (χ3v) is 11.7. The van der Waals surface area contributed by atoms with Crippen molar-refractivity contribution in [3.8, 4) is 0 Å². The highest BCUT2D eigenvalue weighted by Crippen LogP contribution is 2.38. The number of quaternary nitrogens is 1. The number of carbonyl (C=O) groups is 2. The minimum atomic E-state index is -4.65. The molecule has 0 amide bonds. The van der Waals surface area contributed by atoms with Gasteiger partial charge in [-0.25, -0.2) is 0 Å². The first kappa shape index (κ1) is 64.7. The normalized spacial score (nSPS) is 14.3. The predicted octanol–water partition coefficient (Wildman–Crippen LogP) is 15.6. The molecule has 0 saturated heterocycles. The molecule has 0 bridgehead atoms. The number of phosphoric ester groups is 1. The smallest absolute Gasteiger partial charge is 0.306 e. The topological polar surface area (TPSA) is 111 Å². The Hall–Kier alpha value is -3.33. The van der Waals surface area contributed by atoms with E-state index in [9.17, 15) is 19.0 Å². The SMILES string of the molecule is CC/C=C\C/C=C\C/C=C\C/C=C\C/C=C\C/C=C\C/C=C\C/C=C\CCCCCCC(=O)OC(COC(=O)CCCCCCC/C=C\CCCCCCCC)COP(=O)([O-])OCC[N+](C)(C)C. The van der Waals surface area contributed by atoms with Crippen LogP contribution in [-0.2, 0) is 32.7 Å². The fourth-order valence-electron chi connectivity index (χ4n) is 6.66. The Morgan fingerprint density at radius 1 is 0.471 bits per heavy atom. The minimum absolute atomic E-state index is 0.0434. The van der Waals surface area contributed by atoms with Crippen LogP contribution in [0.1, 0.15) is 194 Å². The lowest BCUT2D eigenvalue weighted by atomic mass is 10.1. The van der Waals surface area contributed by atoms with Gasteiger partial charge in [0.25, 0.3) is 7.82 Å². The molecule has 0 aromatic rings. The van der Waals surface area contributed by atoms with Crippen molar-refractivity contribution < 1.29 is 42.1 Å². The van der Waals surface area contributed by atoms with Gasteiger partial charge in [-0.2, -0.15) is 0 Å². The molecule has 0 fully saturated rings. The van der Waals surface area contributed by atoms with Gasteiger partial charge in [-0.3, -0.25) is 14.2 Å². The minimum Gasteiger partial charge on any atom is -0.756 e. The molecule has 0 aliphatic carbocycles. The Labute approximate surface area is 416 Å². The third-order valence-electron chi connectivity index (χ3n) is 10.8. The molecule has 2 atom stereocenters. The van der Waals surface area contributed by atoms with Gasteiger partial charge in [0.2, 0.25) is 0 Å². The molecule has 0 radical (unpaired) electrons. The molecule has 0 heterocycles. The summed E-state index contributed by atoms with van der Waals surface area (Å²) >= 11 is 0. The molecule has 0 aliphatic rings. The third kappa shape index (κ3) is 52.0. The molecule has 388 valence electrons. The van der Waals surface area contributed by atoms with Gasteiger partial charge in [-0.05, 0) is 103 Å². The average Bonchev–Trinajstić information content (AvgIpc) is 3.30. The van der Waals surface area contributed by atoms with Crippen molar-refractivity contribution in [2.45, 2.75) is 200 Å². The Balaban J connectivity index is 4.32. The number of unbranched alkanes of at least 4 members (excludes halogenated alkanes) is 15. The molecular weight excluding hydrogens is 870 g/mol. The van der Waals surface area contributed by atoms with Crippen LogP contribution in [0.4, 0.5) is 0 Å². The Kier molecular flexibility index (Phi) is 46.3. The number of phosphoric acid groups is 1. The van der Waals surface area contributed by atoms with Crippen molar-refractivity contribution in [3.63, 3.8) is 0 Å². The summed E-state index contributed by atoms with van der Waals surface area (Å²) in [7, 11) is 1.13. The van der Waals surface area contributed by atoms with Crippen molar-refractivity contribution in [2.75, 3.05) is 47.5 Å². The Morgan fingerprint density at radius 2 is 0.838 bits per heavy atom. The van der Waals surface area contributed by atoms with Gasteiger partial charge in [-0.15, -0.1) is 0 Å². The van der Waals surface area contributed by atoms with Crippen molar-refractivity contribution in [1.29, 1.82) is 0 Å². The molecule has 10 heteroatoms. The first-order valence-corrected chi connectivity index (χ1v) is 28.1. The number of allylic oxidation sites excluding steroid dienone is 18. The van der Waals surface area contributed by atoms with Crippen molar-refractivity contribution in [2.24, 2.45) is 0 Å². The number of nitrogens with zero attached hydrogens (tertiary/aromatic N) is 1. The second kappa shape index (κ2) is 48.7. The molecule has 68 heavy (non-hydrogen) atoms. The molecule has 0 aromatic heterocycles. The van der Waals surface area contributed by atoms with E-state index in [0.29, 0.717) is 23.9 Å². The van der Waals surface area contributed by atoms with E-state index in [1.54, 1.807) is 0 Å². The summed E-state index contributed by atoms with van der Waals surface area (Å²) in [6.07, 6.45) is 66.9.